The summed E-state index contributed by atoms with van der Waals surface area (Å²) in [5.74, 6) is -0.670. The van der Waals surface area contributed by atoms with E-state index in [1.165, 1.54) is 18.5 Å². The highest BCUT2D eigenvalue weighted by Crippen LogP contribution is 2.25. The lowest BCUT2D eigenvalue weighted by Gasteiger charge is -2.32. The molecule has 3 aromatic carbocycles. The zero-order valence-corrected chi connectivity index (χ0v) is 25.4. The Balaban J connectivity index is 0.00000148. The van der Waals surface area contributed by atoms with Crippen LogP contribution in [0.1, 0.15) is 6.42 Å². The van der Waals surface area contributed by atoms with Gasteiger partial charge in [-0.15, -0.1) is 0 Å². The van der Waals surface area contributed by atoms with Crippen LogP contribution in [0.25, 0.3) is 11.3 Å². The lowest BCUT2D eigenvalue weighted by Crippen LogP contribution is -2.44. The van der Waals surface area contributed by atoms with Crippen molar-refractivity contribution >= 4 is 33.7 Å². The van der Waals surface area contributed by atoms with E-state index in [4.69, 9.17) is 14.6 Å². The Kier molecular flexibility index (Phi) is 11.7. The standard InChI is InChI=1S/C30H32F2N6O3S.CH2O2/c1-37-14-16-38(17-15-37)13-2-18-41-26-10-3-22(4-11-26)28-20-30(34-21-33-28)35-24-6-8-25(9-7-24)36-42(39,40)29-12-5-23(31)19-27(29)32;2-1-3/h3-12,19-21,36H,2,13-18H2,1H3,(H,33,34,35);1H,(H,2,3). The van der Waals surface area contributed by atoms with Gasteiger partial charge in [-0.3, -0.25) is 9.52 Å². The van der Waals surface area contributed by atoms with Gasteiger partial charge < -0.3 is 25.0 Å². The first-order valence-corrected chi connectivity index (χ1v) is 15.5. The first kappa shape index (κ1) is 33.2. The highest BCUT2D eigenvalue weighted by molar-refractivity contribution is 7.92. The van der Waals surface area contributed by atoms with E-state index in [0.717, 1.165) is 68.3 Å². The van der Waals surface area contributed by atoms with Gasteiger partial charge in [-0.2, -0.15) is 0 Å². The largest absolute Gasteiger partial charge is 0.494 e. The van der Waals surface area contributed by atoms with Gasteiger partial charge in [0.05, 0.1) is 12.3 Å². The summed E-state index contributed by atoms with van der Waals surface area (Å²) >= 11 is 0. The number of likely N-dealkylation sites (N-methyl/N-ethyl adjacent to an activating group) is 1. The molecule has 0 atom stereocenters. The molecule has 2 heterocycles. The predicted molar refractivity (Wildman–Crippen MR) is 167 cm³/mol. The van der Waals surface area contributed by atoms with Gasteiger partial charge in [-0.1, -0.05) is 0 Å². The molecule has 1 aromatic heterocycles. The van der Waals surface area contributed by atoms with E-state index in [2.05, 4.69) is 36.9 Å². The van der Waals surface area contributed by atoms with Crippen LogP contribution >= 0.6 is 0 Å². The molecule has 1 aliphatic rings. The van der Waals surface area contributed by atoms with Crippen LogP contribution in [0.15, 0.2) is 84.0 Å². The molecule has 11 nitrogen and oxygen atoms in total. The second kappa shape index (κ2) is 15.9. The first-order chi connectivity index (χ1) is 21.7. The van der Waals surface area contributed by atoms with Crippen molar-refractivity contribution in [2.24, 2.45) is 0 Å². The molecule has 0 aliphatic carbocycles. The smallest absolute Gasteiger partial charge is 0.290 e. The summed E-state index contributed by atoms with van der Waals surface area (Å²) in [6.07, 6.45) is 2.44. The van der Waals surface area contributed by atoms with Crippen LogP contribution in [-0.4, -0.2) is 86.1 Å². The molecule has 1 saturated heterocycles. The molecule has 0 unspecified atom stereocenters. The van der Waals surface area contributed by atoms with E-state index in [1.807, 2.05) is 24.3 Å². The number of hydrogen-bond acceptors (Lipinski definition) is 9. The summed E-state index contributed by atoms with van der Waals surface area (Å²) in [7, 11) is -2.07. The molecule has 0 amide bonds. The van der Waals surface area contributed by atoms with Crippen molar-refractivity contribution in [1.29, 1.82) is 0 Å². The van der Waals surface area contributed by atoms with Crippen molar-refractivity contribution in [3.05, 3.63) is 90.8 Å². The van der Waals surface area contributed by atoms with Crippen molar-refractivity contribution in [3.63, 3.8) is 0 Å². The summed E-state index contributed by atoms with van der Waals surface area (Å²) < 4.78 is 60.4. The third kappa shape index (κ3) is 9.93. The Bertz CT molecular complexity index is 1650. The zero-order chi connectivity index (χ0) is 32.2. The second-order valence-corrected chi connectivity index (χ2v) is 11.8. The van der Waals surface area contributed by atoms with Gasteiger partial charge in [-0.25, -0.2) is 27.2 Å². The number of nitrogens with one attached hydrogen (secondary N) is 2. The second-order valence-electron chi connectivity index (χ2n) is 10.1. The molecule has 1 aliphatic heterocycles. The maximum Gasteiger partial charge on any atom is 0.290 e. The van der Waals surface area contributed by atoms with E-state index in [-0.39, 0.29) is 12.2 Å². The normalized spacial score (nSPS) is 13.8. The third-order valence-corrected chi connectivity index (χ3v) is 8.31. The van der Waals surface area contributed by atoms with Crippen molar-refractivity contribution in [2.75, 3.05) is 56.4 Å². The van der Waals surface area contributed by atoms with Gasteiger partial charge in [0.15, 0.2) is 0 Å². The van der Waals surface area contributed by atoms with E-state index in [1.54, 1.807) is 18.2 Å². The van der Waals surface area contributed by atoms with Gasteiger partial charge in [-0.05, 0) is 74.1 Å². The Morgan fingerprint density at radius 1 is 0.933 bits per heavy atom. The van der Waals surface area contributed by atoms with Crippen LogP contribution in [0.5, 0.6) is 5.75 Å². The van der Waals surface area contributed by atoms with Gasteiger partial charge in [0.1, 0.15) is 34.4 Å². The van der Waals surface area contributed by atoms with Crippen LogP contribution in [-0.2, 0) is 14.8 Å². The van der Waals surface area contributed by atoms with Crippen molar-refractivity contribution in [1.82, 2.24) is 19.8 Å². The minimum absolute atomic E-state index is 0.217. The number of anilines is 3. The molecule has 0 saturated carbocycles. The number of piperazine rings is 1. The molecule has 0 spiro atoms. The van der Waals surface area contributed by atoms with Crippen LogP contribution < -0.4 is 14.8 Å². The number of hydrogen-bond donors (Lipinski definition) is 3. The highest BCUT2D eigenvalue weighted by Gasteiger charge is 2.20. The number of ether oxygens (including phenoxy) is 1. The Morgan fingerprint density at radius 2 is 1.60 bits per heavy atom. The molecular weight excluding hydrogens is 606 g/mol. The minimum atomic E-state index is -4.23. The van der Waals surface area contributed by atoms with Crippen LogP contribution in [0, 0.1) is 11.6 Å². The maximum atomic E-state index is 14.0. The number of benzene rings is 3. The monoisotopic (exact) mass is 640 g/mol. The van der Waals surface area contributed by atoms with E-state index >= 15 is 0 Å². The number of carbonyl (C=O) groups is 1. The fourth-order valence-corrected chi connectivity index (χ4v) is 5.65. The first-order valence-electron chi connectivity index (χ1n) is 14.1. The topological polar surface area (TPSA) is 137 Å². The van der Waals surface area contributed by atoms with Gasteiger partial charge in [0, 0.05) is 61.8 Å². The number of aromatic nitrogens is 2. The van der Waals surface area contributed by atoms with E-state index in [0.29, 0.717) is 24.2 Å². The van der Waals surface area contributed by atoms with Crippen molar-refractivity contribution in [3.8, 4) is 17.0 Å². The molecule has 45 heavy (non-hydrogen) atoms. The summed E-state index contributed by atoms with van der Waals surface area (Å²) in [5.41, 5.74) is 2.49. The molecule has 14 heteroatoms. The number of sulfonamides is 1. The summed E-state index contributed by atoms with van der Waals surface area (Å²) in [6, 6.07) is 18.2. The predicted octanol–water partition coefficient (Wildman–Crippen LogP) is 4.68. The van der Waals surface area contributed by atoms with Crippen molar-refractivity contribution in [2.45, 2.75) is 11.3 Å². The fourth-order valence-electron chi connectivity index (χ4n) is 4.53. The number of nitrogens with zero attached hydrogens (tertiary/aromatic N) is 4. The van der Waals surface area contributed by atoms with E-state index in [9.17, 15) is 17.2 Å². The Morgan fingerprint density at radius 3 is 2.27 bits per heavy atom. The average Bonchev–Trinajstić information content (AvgIpc) is 3.02. The molecule has 238 valence electrons. The maximum absolute atomic E-state index is 14.0. The van der Waals surface area contributed by atoms with Crippen LogP contribution in [0.4, 0.5) is 26.0 Å². The Hall–Kier alpha value is -4.66. The fraction of sp³-hybridized carbons (Fsp3) is 0.258. The average molecular weight is 641 g/mol. The number of rotatable bonds is 11. The minimum Gasteiger partial charge on any atom is -0.494 e. The quantitative estimate of drug-likeness (QED) is 0.157. The zero-order valence-electron chi connectivity index (χ0n) is 24.6. The molecule has 4 aromatic rings. The molecule has 3 N–H and O–H groups in total. The number of halogens is 2. The molecule has 5 rings (SSSR count). The van der Waals surface area contributed by atoms with Crippen LogP contribution in [0.2, 0.25) is 0 Å². The third-order valence-electron chi connectivity index (χ3n) is 6.89. The lowest BCUT2D eigenvalue weighted by molar-refractivity contribution is -0.122. The molecule has 1 fully saturated rings. The summed E-state index contributed by atoms with van der Waals surface area (Å²) in [6.45, 7) is 5.89. The van der Waals surface area contributed by atoms with Crippen LogP contribution in [0.3, 0.4) is 0 Å². The molecular formula is C31H34F2N6O5S. The van der Waals surface area contributed by atoms with E-state index < -0.39 is 26.6 Å². The van der Waals surface area contributed by atoms with Gasteiger partial charge >= 0.3 is 0 Å². The van der Waals surface area contributed by atoms with Gasteiger partial charge in [0.2, 0.25) is 0 Å². The van der Waals surface area contributed by atoms with Gasteiger partial charge in [0.25, 0.3) is 16.5 Å². The van der Waals surface area contributed by atoms with Crippen molar-refractivity contribution < 1.29 is 31.8 Å². The molecule has 0 radical (unpaired) electrons. The summed E-state index contributed by atoms with van der Waals surface area (Å²) in [4.78, 5) is 21.2. The Labute approximate surface area is 260 Å². The highest BCUT2D eigenvalue weighted by atomic mass is 32.2. The molecule has 0 bridgehead atoms. The SMILES string of the molecule is CN1CCN(CCCOc2ccc(-c3cc(Nc4ccc(NS(=O)(=O)c5ccc(F)cc5F)cc4)ncn3)cc2)CC1.O=CO. The lowest BCUT2D eigenvalue weighted by atomic mass is 10.1. The number of carboxylic acid groups (broad SMARTS) is 1. The summed E-state index contributed by atoms with van der Waals surface area (Å²) in [5, 5.41) is 10.1.